The summed E-state index contributed by atoms with van der Waals surface area (Å²) in [4.78, 5) is 15.6. The lowest BCUT2D eigenvalue weighted by Gasteiger charge is -2.10. The van der Waals surface area contributed by atoms with Gasteiger partial charge in [0.15, 0.2) is 0 Å². The van der Waals surface area contributed by atoms with Gasteiger partial charge in [0.2, 0.25) is 0 Å². The number of nitrogens with zero attached hydrogens (tertiary/aromatic N) is 1. The molecule has 0 spiro atoms. The van der Waals surface area contributed by atoms with Gasteiger partial charge in [-0.3, -0.25) is 9.79 Å². The third-order valence-corrected chi connectivity index (χ3v) is 2.98. The zero-order chi connectivity index (χ0) is 18.9. The van der Waals surface area contributed by atoms with E-state index in [2.05, 4.69) is 9.73 Å². The van der Waals surface area contributed by atoms with Gasteiger partial charge in [0.25, 0.3) is 0 Å². The van der Waals surface area contributed by atoms with Crippen molar-refractivity contribution in [3.8, 4) is 0 Å². The normalized spacial score (nSPS) is 12.5. The van der Waals surface area contributed by atoms with Crippen molar-refractivity contribution in [1.29, 1.82) is 0 Å². The van der Waals surface area contributed by atoms with Gasteiger partial charge in [-0.1, -0.05) is 6.07 Å². The van der Waals surface area contributed by atoms with Crippen molar-refractivity contribution >= 4 is 17.4 Å². The lowest BCUT2D eigenvalue weighted by molar-refractivity contribution is -0.139. The number of carbonyl (C=O) groups is 1. The number of halogens is 3. The van der Waals surface area contributed by atoms with Gasteiger partial charge in [-0.15, -0.1) is 0 Å². The molecular formula is C17H22F3NO4. The number of alkyl halides is 3. The van der Waals surface area contributed by atoms with Crippen LogP contribution in [0.3, 0.4) is 0 Å². The molecule has 0 aliphatic heterocycles. The van der Waals surface area contributed by atoms with E-state index in [4.69, 9.17) is 9.47 Å². The van der Waals surface area contributed by atoms with Crippen LogP contribution in [0.15, 0.2) is 29.3 Å². The summed E-state index contributed by atoms with van der Waals surface area (Å²) in [6.07, 6.45) is -4.56. The summed E-state index contributed by atoms with van der Waals surface area (Å²) >= 11 is 0. The largest absolute Gasteiger partial charge is 0.469 e. The molecule has 0 fully saturated rings. The van der Waals surface area contributed by atoms with Crippen molar-refractivity contribution in [2.75, 3.05) is 26.9 Å². The minimum absolute atomic E-state index is 0.00714. The number of hydrogen-bond acceptors (Lipinski definition) is 5. The molecule has 25 heavy (non-hydrogen) atoms. The molecule has 0 unspecified atom stereocenters. The molecule has 0 N–H and O–H groups in total. The Hall–Kier alpha value is -1.93. The van der Waals surface area contributed by atoms with Crippen LogP contribution in [0.1, 0.15) is 25.8 Å². The molecule has 0 atom stereocenters. The van der Waals surface area contributed by atoms with E-state index in [1.807, 2.05) is 13.8 Å². The zero-order valence-corrected chi connectivity index (χ0v) is 14.4. The van der Waals surface area contributed by atoms with E-state index >= 15 is 0 Å². The number of carbonyl (C=O) groups excluding carboxylic acids is 1. The minimum atomic E-state index is -4.46. The summed E-state index contributed by atoms with van der Waals surface area (Å²) in [5.74, 6) is -0.548. The maximum Gasteiger partial charge on any atom is 0.416 e. The van der Waals surface area contributed by atoms with Crippen molar-refractivity contribution in [1.82, 2.24) is 0 Å². The molecule has 0 aliphatic carbocycles. The highest BCUT2D eigenvalue weighted by Crippen LogP contribution is 2.31. The van der Waals surface area contributed by atoms with Crippen molar-refractivity contribution < 1.29 is 32.2 Å². The lowest BCUT2D eigenvalue weighted by Crippen LogP contribution is -2.17. The molecule has 0 amide bonds. The molecule has 0 radical (unpaired) electrons. The molecule has 5 nitrogen and oxygen atoms in total. The summed E-state index contributed by atoms with van der Waals surface area (Å²) in [6.45, 7) is 4.41. The van der Waals surface area contributed by atoms with E-state index in [-0.39, 0.29) is 37.1 Å². The first kappa shape index (κ1) is 21.1. The maximum atomic E-state index is 12.8. The highest BCUT2D eigenvalue weighted by atomic mass is 19.4. The van der Waals surface area contributed by atoms with Crippen LogP contribution in [0, 0.1) is 0 Å². The number of ether oxygens (including phenoxy) is 3. The van der Waals surface area contributed by atoms with Crippen LogP contribution >= 0.6 is 0 Å². The van der Waals surface area contributed by atoms with E-state index in [0.717, 1.165) is 12.1 Å². The maximum absolute atomic E-state index is 12.8. The summed E-state index contributed by atoms with van der Waals surface area (Å²) in [5, 5.41) is 0. The monoisotopic (exact) mass is 361 g/mol. The molecule has 1 aromatic carbocycles. The first-order chi connectivity index (χ1) is 11.7. The predicted molar refractivity (Wildman–Crippen MR) is 87.1 cm³/mol. The number of hydrogen-bond donors (Lipinski definition) is 0. The van der Waals surface area contributed by atoms with Crippen LogP contribution in [-0.4, -0.2) is 44.7 Å². The lowest BCUT2D eigenvalue weighted by atomic mass is 10.2. The zero-order valence-electron chi connectivity index (χ0n) is 14.4. The first-order valence-corrected chi connectivity index (χ1v) is 7.72. The van der Waals surface area contributed by atoms with Gasteiger partial charge < -0.3 is 14.2 Å². The molecule has 0 heterocycles. The molecule has 0 aromatic heterocycles. The Balaban J connectivity index is 2.80. The van der Waals surface area contributed by atoms with Gasteiger partial charge in [-0.25, -0.2) is 0 Å². The second kappa shape index (κ2) is 10.1. The molecule has 140 valence electrons. The van der Waals surface area contributed by atoms with Crippen LogP contribution in [0.2, 0.25) is 0 Å². The van der Waals surface area contributed by atoms with Gasteiger partial charge in [0.05, 0.1) is 56.4 Å². The summed E-state index contributed by atoms with van der Waals surface area (Å²) in [7, 11) is 1.22. The van der Waals surface area contributed by atoms with Crippen LogP contribution in [0.5, 0.6) is 0 Å². The number of esters is 1. The summed E-state index contributed by atoms with van der Waals surface area (Å²) < 4.78 is 53.6. The van der Waals surface area contributed by atoms with Gasteiger partial charge >= 0.3 is 12.1 Å². The quantitative estimate of drug-likeness (QED) is 0.382. The van der Waals surface area contributed by atoms with E-state index in [1.165, 1.54) is 19.2 Å². The standard InChI is InChI=1S/C17H22F3NO4/c1-12(2)25-8-7-24-11-15(10-16(22)23-3)21-14-6-4-5-13(9-14)17(18,19)20/h4-6,9,12H,7-8,10-11H2,1-3H3. The number of methoxy groups -OCH3 is 1. The van der Waals surface area contributed by atoms with Crippen LogP contribution in [0.25, 0.3) is 0 Å². The minimum Gasteiger partial charge on any atom is -0.469 e. The van der Waals surface area contributed by atoms with E-state index in [1.54, 1.807) is 0 Å². The van der Waals surface area contributed by atoms with Gasteiger partial charge in [0, 0.05) is 0 Å². The van der Waals surface area contributed by atoms with Crippen molar-refractivity contribution in [2.45, 2.75) is 32.5 Å². The van der Waals surface area contributed by atoms with Crippen LogP contribution < -0.4 is 0 Å². The molecular weight excluding hydrogens is 339 g/mol. The fraction of sp³-hybridized carbons (Fsp3) is 0.529. The van der Waals surface area contributed by atoms with Gasteiger partial charge in [-0.2, -0.15) is 13.2 Å². The highest BCUT2D eigenvalue weighted by Gasteiger charge is 2.30. The average Bonchev–Trinajstić information content (AvgIpc) is 2.53. The Kier molecular flexibility index (Phi) is 8.57. The molecule has 0 saturated heterocycles. The number of benzene rings is 1. The Morgan fingerprint density at radius 1 is 1.24 bits per heavy atom. The Morgan fingerprint density at radius 2 is 1.96 bits per heavy atom. The highest BCUT2D eigenvalue weighted by molar-refractivity contribution is 6.00. The Morgan fingerprint density at radius 3 is 2.56 bits per heavy atom. The molecule has 8 heteroatoms. The predicted octanol–water partition coefficient (Wildman–Crippen LogP) is 3.78. The first-order valence-electron chi connectivity index (χ1n) is 7.72. The topological polar surface area (TPSA) is 57.1 Å². The second-order valence-corrected chi connectivity index (χ2v) is 5.45. The van der Waals surface area contributed by atoms with Crippen molar-refractivity contribution in [3.05, 3.63) is 29.8 Å². The number of aliphatic imine (C=N–C) groups is 1. The summed E-state index contributed by atoms with van der Waals surface area (Å²) in [5.41, 5.74) is -0.441. The molecule has 0 aliphatic rings. The molecule has 1 aromatic rings. The average molecular weight is 361 g/mol. The number of rotatable bonds is 9. The third kappa shape index (κ3) is 8.64. The van der Waals surface area contributed by atoms with Crippen molar-refractivity contribution in [3.63, 3.8) is 0 Å². The van der Waals surface area contributed by atoms with Gasteiger partial charge in [0.1, 0.15) is 0 Å². The smallest absolute Gasteiger partial charge is 0.416 e. The van der Waals surface area contributed by atoms with Gasteiger partial charge in [-0.05, 0) is 32.0 Å². The third-order valence-electron chi connectivity index (χ3n) is 2.98. The summed E-state index contributed by atoms with van der Waals surface area (Å²) in [6, 6.07) is 4.56. The molecule has 0 saturated carbocycles. The fourth-order valence-corrected chi connectivity index (χ4v) is 1.83. The van der Waals surface area contributed by atoms with E-state index in [0.29, 0.717) is 6.61 Å². The molecule has 0 bridgehead atoms. The van der Waals surface area contributed by atoms with E-state index < -0.39 is 17.7 Å². The Labute approximate surface area is 144 Å². The second-order valence-electron chi connectivity index (χ2n) is 5.45. The molecule has 1 rings (SSSR count). The van der Waals surface area contributed by atoms with E-state index in [9.17, 15) is 18.0 Å². The van der Waals surface area contributed by atoms with Crippen LogP contribution in [-0.2, 0) is 25.2 Å². The SMILES string of the molecule is COC(=O)CC(COCCOC(C)C)=Nc1cccc(C(F)(F)F)c1. The van der Waals surface area contributed by atoms with Crippen molar-refractivity contribution in [2.24, 2.45) is 4.99 Å². The van der Waals surface area contributed by atoms with Crippen LogP contribution in [0.4, 0.5) is 18.9 Å². The fourth-order valence-electron chi connectivity index (χ4n) is 1.83. The Bertz CT molecular complexity index is 586.